The van der Waals surface area contributed by atoms with Crippen LogP contribution in [0.3, 0.4) is 0 Å². The number of hydrogen-bond acceptors (Lipinski definition) is 5. The highest BCUT2D eigenvalue weighted by molar-refractivity contribution is 7.99. The number of hydrogen-bond donors (Lipinski definition) is 1. The Balaban J connectivity index is 1.67. The fraction of sp³-hybridized carbons (Fsp3) is 0.263. The molecule has 6 nitrogen and oxygen atoms in total. The average Bonchev–Trinajstić information content (AvgIpc) is 3.01. The predicted molar refractivity (Wildman–Crippen MR) is 102 cm³/mol. The number of pyridine rings is 1. The van der Waals surface area contributed by atoms with Crippen molar-refractivity contribution in [3.8, 4) is 5.69 Å². The summed E-state index contributed by atoms with van der Waals surface area (Å²) in [6, 6.07) is 10.1. The summed E-state index contributed by atoms with van der Waals surface area (Å²) in [6.45, 7) is 6.50. The molecule has 0 aliphatic carbocycles. The van der Waals surface area contributed by atoms with Crippen LogP contribution in [0.25, 0.3) is 5.69 Å². The third-order valence-corrected chi connectivity index (χ3v) is 4.87. The molecule has 3 aromatic rings. The second-order valence-corrected chi connectivity index (χ2v) is 7.02. The van der Waals surface area contributed by atoms with Crippen molar-refractivity contribution >= 4 is 17.7 Å². The molecule has 0 unspecified atom stereocenters. The molecule has 134 valence electrons. The van der Waals surface area contributed by atoms with Gasteiger partial charge >= 0.3 is 0 Å². The minimum Gasteiger partial charge on any atom is -0.351 e. The van der Waals surface area contributed by atoms with Crippen molar-refractivity contribution in [1.29, 1.82) is 0 Å². The molecule has 3 rings (SSSR count). The van der Waals surface area contributed by atoms with Crippen molar-refractivity contribution in [3.63, 3.8) is 0 Å². The molecular weight excluding hydrogens is 346 g/mol. The van der Waals surface area contributed by atoms with E-state index in [1.165, 1.54) is 17.3 Å². The van der Waals surface area contributed by atoms with E-state index < -0.39 is 0 Å². The zero-order chi connectivity index (χ0) is 18.5. The minimum atomic E-state index is -0.0491. The van der Waals surface area contributed by atoms with E-state index in [2.05, 4.69) is 52.5 Å². The molecule has 0 spiro atoms. The lowest BCUT2D eigenvalue weighted by atomic mass is 10.1. The number of carbonyl (C=O) groups is 1. The molecule has 2 aromatic heterocycles. The lowest BCUT2D eigenvalue weighted by Crippen LogP contribution is -2.24. The maximum atomic E-state index is 12.2. The zero-order valence-electron chi connectivity index (χ0n) is 15.1. The Kier molecular flexibility index (Phi) is 5.68. The fourth-order valence-corrected chi connectivity index (χ4v) is 3.38. The van der Waals surface area contributed by atoms with Gasteiger partial charge in [-0.15, -0.1) is 10.2 Å². The second-order valence-electron chi connectivity index (χ2n) is 6.08. The van der Waals surface area contributed by atoms with Gasteiger partial charge in [0.2, 0.25) is 5.91 Å². The molecule has 0 bridgehead atoms. The molecule has 0 saturated carbocycles. The van der Waals surface area contributed by atoms with Crippen LogP contribution in [0, 0.1) is 20.8 Å². The van der Waals surface area contributed by atoms with Crippen molar-refractivity contribution in [2.45, 2.75) is 32.5 Å². The standard InChI is InChI=1S/C19H21N5OS/c1-13-6-7-14(2)17(9-13)24-15(3)22-23-19(24)26-12-18(25)21-11-16-5-4-8-20-10-16/h4-10H,11-12H2,1-3H3,(H,21,25). The summed E-state index contributed by atoms with van der Waals surface area (Å²) in [7, 11) is 0. The molecule has 0 atom stereocenters. The van der Waals surface area contributed by atoms with E-state index in [0.717, 1.165) is 22.6 Å². The van der Waals surface area contributed by atoms with E-state index in [1.54, 1.807) is 12.4 Å². The topological polar surface area (TPSA) is 72.7 Å². The number of amides is 1. The highest BCUT2D eigenvalue weighted by Gasteiger charge is 2.15. The highest BCUT2D eigenvalue weighted by atomic mass is 32.2. The first-order valence-corrected chi connectivity index (χ1v) is 9.31. The van der Waals surface area contributed by atoms with Crippen molar-refractivity contribution in [3.05, 3.63) is 65.2 Å². The van der Waals surface area contributed by atoms with Crippen LogP contribution in [-0.2, 0) is 11.3 Å². The molecule has 2 heterocycles. The van der Waals surface area contributed by atoms with Gasteiger partial charge in [-0.2, -0.15) is 0 Å². The Labute approximate surface area is 157 Å². The molecule has 0 fully saturated rings. The van der Waals surface area contributed by atoms with Gasteiger partial charge in [-0.3, -0.25) is 14.3 Å². The van der Waals surface area contributed by atoms with Gasteiger partial charge in [0.15, 0.2) is 5.16 Å². The van der Waals surface area contributed by atoms with E-state index in [0.29, 0.717) is 11.7 Å². The van der Waals surface area contributed by atoms with Crippen LogP contribution >= 0.6 is 11.8 Å². The molecule has 0 aliphatic rings. The van der Waals surface area contributed by atoms with Gasteiger partial charge in [0.1, 0.15) is 5.82 Å². The molecule has 0 aliphatic heterocycles. The summed E-state index contributed by atoms with van der Waals surface area (Å²) in [5.74, 6) is 1.03. The van der Waals surface area contributed by atoms with Crippen LogP contribution in [0.15, 0.2) is 47.9 Å². The van der Waals surface area contributed by atoms with Crippen LogP contribution in [-0.4, -0.2) is 31.4 Å². The van der Waals surface area contributed by atoms with Crippen LogP contribution in [0.1, 0.15) is 22.5 Å². The molecule has 26 heavy (non-hydrogen) atoms. The Hall–Kier alpha value is -2.67. The first-order chi connectivity index (χ1) is 12.5. The molecule has 1 amide bonds. The number of aromatic nitrogens is 4. The largest absolute Gasteiger partial charge is 0.351 e. The van der Waals surface area contributed by atoms with Gasteiger partial charge in [-0.25, -0.2) is 0 Å². The van der Waals surface area contributed by atoms with E-state index in [1.807, 2.05) is 23.6 Å². The quantitative estimate of drug-likeness (QED) is 0.678. The summed E-state index contributed by atoms with van der Waals surface area (Å²) < 4.78 is 2.00. The van der Waals surface area contributed by atoms with Gasteiger partial charge in [-0.05, 0) is 49.6 Å². The summed E-state index contributed by atoms with van der Waals surface area (Å²) in [4.78, 5) is 16.2. The zero-order valence-corrected chi connectivity index (χ0v) is 15.9. The lowest BCUT2D eigenvalue weighted by molar-refractivity contribution is -0.118. The fourth-order valence-electron chi connectivity index (χ4n) is 2.56. The van der Waals surface area contributed by atoms with Crippen LogP contribution in [0.2, 0.25) is 0 Å². The van der Waals surface area contributed by atoms with Crippen molar-refractivity contribution in [2.24, 2.45) is 0 Å². The van der Waals surface area contributed by atoms with Gasteiger partial charge in [0.25, 0.3) is 0 Å². The van der Waals surface area contributed by atoms with Gasteiger partial charge < -0.3 is 5.32 Å². The maximum absolute atomic E-state index is 12.2. The molecular formula is C19H21N5OS. The predicted octanol–water partition coefficient (Wildman–Crippen LogP) is 3.00. The summed E-state index contributed by atoms with van der Waals surface area (Å²) in [5, 5.41) is 12.0. The Morgan fingerprint density at radius 2 is 2.04 bits per heavy atom. The number of thioether (sulfide) groups is 1. The number of carbonyl (C=O) groups excluding carboxylic acids is 1. The van der Waals surface area contributed by atoms with Crippen molar-refractivity contribution in [2.75, 3.05) is 5.75 Å². The number of rotatable bonds is 6. The summed E-state index contributed by atoms with van der Waals surface area (Å²) >= 11 is 1.38. The second kappa shape index (κ2) is 8.14. The number of nitrogens with zero attached hydrogens (tertiary/aromatic N) is 4. The lowest BCUT2D eigenvalue weighted by Gasteiger charge is -2.12. The Morgan fingerprint density at radius 3 is 2.81 bits per heavy atom. The number of aryl methyl sites for hydroxylation is 3. The summed E-state index contributed by atoms with van der Waals surface area (Å²) in [6.07, 6.45) is 3.46. The monoisotopic (exact) mass is 367 g/mol. The van der Waals surface area contributed by atoms with Crippen LogP contribution in [0.4, 0.5) is 0 Å². The van der Waals surface area contributed by atoms with E-state index in [4.69, 9.17) is 0 Å². The van der Waals surface area contributed by atoms with Gasteiger partial charge in [0, 0.05) is 18.9 Å². The van der Waals surface area contributed by atoms with Crippen molar-refractivity contribution in [1.82, 2.24) is 25.1 Å². The first-order valence-electron chi connectivity index (χ1n) is 8.32. The smallest absolute Gasteiger partial charge is 0.230 e. The van der Waals surface area contributed by atoms with E-state index in [-0.39, 0.29) is 11.7 Å². The third-order valence-electron chi connectivity index (χ3n) is 3.95. The van der Waals surface area contributed by atoms with Crippen LogP contribution < -0.4 is 5.32 Å². The first kappa shape index (κ1) is 18.1. The minimum absolute atomic E-state index is 0.0491. The highest BCUT2D eigenvalue weighted by Crippen LogP contribution is 2.24. The Morgan fingerprint density at radius 1 is 1.19 bits per heavy atom. The molecule has 0 radical (unpaired) electrons. The third kappa shape index (κ3) is 4.29. The molecule has 1 aromatic carbocycles. The summed E-state index contributed by atoms with van der Waals surface area (Å²) in [5.41, 5.74) is 4.33. The molecule has 0 saturated heterocycles. The molecule has 1 N–H and O–H groups in total. The normalized spacial score (nSPS) is 10.7. The van der Waals surface area contributed by atoms with Gasteiger partial charge in [0.05, 0.1) is 11.4 Å². The Bertz CT molecular complexity index is 908. The number of benzene rings is 1. The van der Waals surface area contributed by atoms with E-state index in [9.17, 15) is 4.79 Å². The maximum Gasteiger partial charge on any atom is 0.230 e. The van der Waals surface area contributed by atoms with Crippen LogP contribution in [0.5, 0.6) is 0 Å². The number of nitrogens with one attached hydrogen (secondary N) is 1. The SMILES string of the molecule is Cc1ccc(C)c(-n2c(C)nnc2SCC(=O)NCc2cccnc2)c1. The van der Waals surface area contributed by atoms with Crippen molar-refractivity contribution < 1.29 is 4.79 Å². The average molecular weight is 367 g/mol. The van der Waals surface area contributed by atoms with Gasteiger partial charge in [-0.1, -0.05) is 30.0 Å². The van der Waals surface area contributed by atoms with E-state index >= 15 is 0 Å². The molecule has 7 heteroatoms.